The number of nitrogens with one attached hydrogen (secondary N) is 1. The predicted octanol–water partition coefficient (Wildman–Crippen LogP) is 3.03. The van der Waals surface area contributed by atoms with E-state index in [2.05, 4.69) is 10.3 Å². The number of thiazole rings is 1. The number of rotatable bonds is 5. The number of amides is 2. The van der Waals surface area contributed by atoms with Gasteiger partial charge in [-0.05, 0) is 30.9 Å². The Morgan fingerprint density at radius 2 is 2.00 bits per heavy atom. The Labute approximate surface area is 150 Å². The number of hydrogen-bond acceptors (Lipinski definition) is 5. The summed E-state index contributed by atoms with van der Waals surface area (Å²) < 4.78 is 5.81. The Morgan fingerprint density at radius 3 is 2.68 bits per heavy atom. The molecule has 2 amide bonds. The molecule has 1 aliphatic heterocycles. The second-order valence-corrected chi connectivity index (χ2v) is 6.94. The molecule has 1 saturated heterocycles. The van der Waals surface area contributed by atoms with E-state index in [9.17, 15) is 9.59 Å². The topological polar surface area (TPSA) is 71.5 Å². The van der Waals surface area contributed by atoms with Gasteiger partial charge in [0.05, 0.1) is 6.61 Å². The highest BCUT2D eigenvalue weighted by Crippen LogP contribution is 2.22. The molecule has 1 fully saturated rings. The van der Waals surface area contributed by atoms with Gasteiger partial charge in [0.1, 0.15) is 11.4 Å². The van der Waals surface area contributed by atoms with Crippen molar-refractivity contribution in [3.8, 4) is 5.75 Å². The first-order valence-electron chi connectivity index (χ1n) is 8.32. The van der Waals surface area contributed by atoms with E-state index in [4.69, 9.17) is 4.74 Å². The van der Waals surface area contributed by atoms with Crippen molar-refractivity contribution in [1.29, 1.82) is 0 Å². The van der Waals surface area contributed by atoms with E-state index < -0.39 is 0 Å². The number of likely N-dealkylation sites (tertiary alicyclic amines) is 1. The largest absolute Gasteiger partial charge is 0.493 e. The molecule has 3 rings (SSSR count). The lowest BCUT2D eigenvalue weighted by atomic mass is 9.97. The fourth-order valence-electron chi connectivity index (χ4n) is 2.78. The normalized spacial score (nSPS) is 15.0. The molecule has 6 nitrogen and oxygen atoms in total. The van der Waals surface area contributed by atoms with Gasteiger partial charge < -0.3 is 15.0 Å². The lowest BCUT2D eigenvalue weighted by Crippen LogP contribution is -2.39. The van der Waals surface area contributed by atoms with Crippen LogP contribution in [0.2, 0.25) is 0 Å². The Balaban J connectivity index is 1.47. The summed E-state index contributed by atoms with van der Waals surface area (Å²) in [5, 5.41) is 4.76. The number of nitrogens with zero attached hydrogens (tertiary/aromatic N) is 2. The van der Waals surface area contributed by atoms with Gasteiger partial charge in [0, 0.05) is 25.4 Å². The van der Waals surface area contributed by atoms with E-state index in [-0.39, 0.29) is 11.8 Å². The SMILES string of the molecule is CC(=O)Nc1nc(C(=O)N2CCC(COc3ccccc3)CC2)cs1. The Kier molecular flexibility index (Phi) is 5.65. The zero-order chi connectivity index (χ0) is 17.6. The molecule has 0 aliphatic carbocycles. The highest BCUT2D eigenvalue weighted by atomic mass is 32.1. The number of para-hydroxylation sites is 1. The van der Waals surface area contributed by atoms with Gasteiger partial charge in [-0.25, -0.2) is 4.98 Å². The molecule has 7 heteroatoms. The number of hydrogen-bond donors (Lipinski definition) is 1. The van der Waals surface area contributed by atoms with E-state index in [1.807, 2.05) is 35.2 Å². The van der Waals surface area contributed by atoms with Gasteiger partial charge in [0.2, 0.25) is 5.91 Å². The second kappa shape index (κ2) is 8.11. The van der Waals surface area contributed by atoms with Crippen molar-refractivity contribution in [2.45, 2.75) is 19.8 Å². The van der Waals surface area contributed by atoms with Crippen molar-refractivity contribution in [3.63, 3.8) is 0 Å². The molecule has 1 N–H and O–H groups in total. The van der Waals surface area contributed by atoms with Crippen LogP contribution in [0.3, 0.4) is 0 Å². The van der Waals surface area contributed by atoms with Gasteiger partial charge in [-0.3, -0.25) is 9.59 Å². The van der Waals surface area contributed by atoms with Crippen LogP contribution >= 0.6 is 11.3 Å². The molecule has 132 valence electrons. The molecular formula is C18H21N3O3S. The lowest BCUT2D eigenvalue weighted by molar-refractivity contribution is -0.114. The van der Waals surface area contributed by atoms with Gasteiger partial charge in [-0.1, -0.05) is 18.2 Å². The molecule has 0 bridgehead atoms. The van der Waals surface area contributed by atoms with E-state index >= 15 is 0 Å². The van der Waals surface area contributed by atoms with Gasteiger partial charge in [-0.2, -0.15) is 0 Å². The Bertz CT molecular complexity index is 724. The van der Waals surface area contributed by atoms with Crippen molar-refractivity contribution < 1.29 is 14.3 Å². The minimum absolute atomic E-state index is 0.0738. The summed E-state index contributed by atoms with van der Waals surface area (Å²) in [6, 6.07) is 9.78. The molecule has 0 saturated carbocycles. The number of carbonyl (C=O) groups excluding carboxylic acids is 2. The van der Waals surface area contributed by atoms with Crippen LogP contribution in [0.1, 0.15) is 30.3 Å². The molecule has 0 unspecified atom stereocenters. The average Bonchev–Trinajstić information content (AvgIpc) is 3.08. The third kappa shape index (κ3) is 4.79. The van der Waals surface area contributed by atoms with Crippen LogP contribution in [0.4, 0.5) is 5.13 Å². The minimum Gasteiger partial charge on any atom is -0.493 e. The molecule has 1 aliphatic rings. The summed E-state index contributed by atoms with van der Waals surface area (Å²) in [7, 11) is 0. The number of piperidine rings is 1. The molecule has 0 atom stereocenters. The highest BCUT2D eigenvalue weighted by Gasteiger charge is 2.25. The number of benzene rings is 1. The highest BCUT2D eigenvalue weighted by molar-refractivity contribution is 7.14. The summed E-state index contributed by atoms with van der Waals surface area (Å²) in [6.07, 6.45) is 1.84. The molecule has 2 aromatic rings. The summed E-state index contributed by atoms with van der Waals surface area (Å²) in [4.78, 5) is 29.6. The Hall–Kier alpha value is -2.41. The van der Waals surface area contributed by atoms with Crippen LogP contribution in [0.5, 0.6) is 5.75 Å². The minimum atomic E-state index is -0.187. The van der Waals surface area contributed by atoms with Gasteiger partial charge >= 0.3 is 0 Å². The van der Waals surface area contributed by atoms with Crippen LogP contribution in [-0.4, -0.2) is 41.4 Å². The van der Waals surface area contributed by atoms with Crippen molar-refractivity contribution in [2.75, 3.05) is 25.0 Å². The van der Waals surface area contributed by atoms with Crippen molar-refractivity contribution in [2.24, 2.45) is 5.92 Å². The second-order valence-electron chi connectivity index (χ2n) is 6.08. The smallest absolute Gasteiger partial charge is 0.273 e. The van der Waals surface area contributed by atoms with E-state index in [1.165, 1.54) is 18.3 Å². The quantitative estimate of drug-likeness (QED) is 0.891. The van der Waals surface area contributed by atoms with E-state index in [0.29, 0.717) is 36.4 Å². The van der Waals surface area contributed by atoms with E-state index in [0.717, 1.165) is 18.6 Å². The van der Waals surface area contributed by atoms with Crippen molar-refractivity contribution in [1.82, 2.24) is 9.88 Å². The Morgan fingerprint density at radius 1 is 1.28 bits per heavy atom. The number of ether oxygens (including phenoxy) is 1. The molecule has 2 heterocycles. The molecule has 25 heavy (non-hydrogen) atoms. The van der Waals surface area contributed by atoms with Gasteiger partial charge in [-0.15, -0.1) is 11.3 Å². The summed E-state index contributed by atoms with van der Waals surface area (Å²) in [6.45, 7) is 3.50. The lowest BCUT2D eigenvalue weighted by Gasteiger charge is -2.31. The third-order valence-corrected chi connectivity index (χ3v) is 4.89. The van der Waals surface area contributed by atoms with Crippen LogP contribution in [-0.2, 0) is 4.79 Å². The van der Waals surface area contributed by atoms with Crippen LogP contribution in [0.15, 0.2) is 35.7 Å². The maximum absolute atomic E-state index is 12.5. The fourth-order valence-corrected chi connectivity index (χ4v) is 3.51. The van der Waals surface area contributed by atoms with Crippen LogP contribution < -0.4 is 10.1 Å². The summed E-state index contributed by atoms with van der Waals surface area (Å²) in [5.74, 6) is 1.08. The zero-order valence-electron chi connectivity index (χ0n) is 14.1. The van der Waals surface area contributed by atoms with Crippen molar-refractivity contribution in [3.05, 3.63) is 41.4 Å². The predicted molar refractivity (Wildman–Crippen MR) is 97.0 cm³/mol. The number of aromatic nitrogens is 1. The molecular weight excluding hydrogens is 338 g/mol. The average molecular weight is 359 g/mol. The maximum Gasteiger partial charge on any atom is 0.273 e. The standard InChI is InChI=1S/C18H21N3O3S/c1-13(22)19-18-20-16(12-25-18)17(23)21-9-7-14(8-10-21)11-24-15-5-3-2-4-6-15/h2-6,12,14H,7-11H2,1H3,(H,19,20,22). The van der Waals surface area contributed by atoms with E-state index in [1.54, 1.807) is 5.38 Å². The van der Waals surface area contributed by atoms with Gasteiger partial charge in [0.15, 0.2) is 5.13 Å². The number of carbonyl (C=O) groups is 2. The first kappa shape index (κ1) is 17.4. The van der Waals surface area contributed by atoms with Crippen LogP contribution in [0, 0.1) is 5.92 Å². The molecule has 0 radical (unpaired) electrons. The monoisotopic (exact) mass is 359 g/mol. The third-order valence-electron chi connectivity index (χ3n) is 4.14. The first-order chi connectivity index (χ1) is 12.1. The molecule has 1 aromatic carbocycles. The van der Waals surface area contributed by atoms with Crippen molar-refractivity contribution >= 4 is 28.3 Å². The maximum atomic E-state index is 12.5. The fraction of sp³-hybridized carbons (Fsp3) is 0.389. The number of anilines is 1. The molecule has 1 aromatic heterocycles. The summed E-state index contributed by atoms with van der Waals surface area (Å²) >= 11 is 1.27. The molecule has 0 spiro atoms. The summed E-state index contributed by atoms with van der Waals surface area (Å²) in [5.41, 5.74) is 0.396. The van der Waals surface area contributed by atoms with Crippen LogP contribution in [0.25, 0.3) is 0 Å². The van der Waals surface area contributed by atoms with Gasteiger partial charge in [0.25, 0.3) is 5.91 Å². The zero-order valence-corrected chi connectivity index (χ0v) is 14.9. The first-order valence-corrected chi connectivity index (χ1v) is 9.20.